The summed E-state index contributed by atoms with van der Waals surface area (Å²) < 4.78 is 29.7. The standard InChI is InChI=1S/C32H28Cl2F2N8/c1-2-43-11-9-24(10-12-43)44-18-29(41-42-44)31(19-3-5-22(35)6-4-19)40-28-14-21(33)13-25-30(20(16-37)17-38-32(25)28)39-23-7-8-27(36)26(34)15-23/h3-8,13-15,17-18,24,31,40H,2,9-12H2,1H3,(H,38,39)/t31-/m0/s1. The van der Waals surface area contributed by atoms with E-state index in [0.29, 0.717) is 38.7 Å². The van der Waals surface area contributed by atoms with Crippen LogP contribution in [0.5, 0.6) is 0 Å². The van der Waals surface area contributed by atoms with Gasteiger partial charge in [0.25, 0.3) is 0 Å². The van der Waals surface area contributed by atoms with E-state index in [1.807, 2.05) is 10.9 Å². The van der Waals surface area contributed by atoms with Gasteiger partial charge in [0.05, 0.1) is 45.8 Å². The number of pyridine rings is 1. The fourth-order valence-corrected chi connectivity index (χ4v) is 5.95. The summed E-state index contributed by atoms with van der Waals surface area (Å²) in [4.78, 5) is 7.02. The molecule has 5 aromatic rings. The van der Waals surface area contributed by atoms with Gasteiger partial charge in [-0.15, -0.1) is 5.10 Å². The number of aromatic nitrogens is 4. The van der Waals surface area contributed by atoms with Gasteiger partial charge < -0.3 is 15.5 Å². The first-order valence-electron chi connectivity index (χ1n) is 14.2. The summed E-state index contributed by atoms with van der Waals surface area (Å²) in [5.41, 5.74) is 3.69. The fraction of sp³-hybridized carbons (Fsp3) is 0.250. The lowest BCUT2D eigenvalue weighted by atomic mass is 10.0. The summed E-state index contributed by atoms with van der Waals surface area (Å²) in [5, 5.41) is 26.5. The van der Waals surface area contributed by atoms with Crippen LogP contribution < -0.4 is 10.6 Å². The molecule has 8 nitrogen and oxygen atoms in total. The molecular formula is C32H28Cl2F2N8. The molecule has 0 aliphatic carbocycles. The van der Waals surface area contributed by atoms with Crippen LogP contribution in [0.2, 0.25) is 10.0 Å². The molecule has 12 heteroatoms. The van der Waals surface area contributed by atoms with Crippen molar-refractivity contribution in [1.82, 2.24) is 24.9 Å². The molecule has 1 aliphatic heterocycles. The molecule has 0 saturated carbocycles. The summed E-state index contributed by atoms with van der Waals surface area (Å²) >= 11 is 12.6. The molecule has 44 heavy (non-hydrogen) atoms. The zero-order valence-corrected chi connectivity index (χ0v) is 25.2. The molecule has 1 fully saturated rings. The number of benzene rings is 3. The van der Waals surface area contributed by atoms with Gasteiger partial charge in [0, 0.05) is 35.4 Å². The lowest BCUT2D eigenvalue weighted by molar-refractivity contribution is 0.186. The molecule has 1 atom stereocenters. The highest BCUT2D eigenvalue weighted by molar-refractivity contribution is 6.32. The third-order valence-corrected chi connectivity index (χ3v) is 8.46. The molecule has 3 heterocycles. The molecule has 2 aromatic heterocycles. The molecular weight excluding hydrogens is 605 g/mol. The smallest absolute Gasteiger partial charge is 0.141 e. The second-order valence-corrected chi connectivity index (χ2v) is 11.5. The number of likely N-dealkylation sites (tertiary alicyclic amines) is 1. The van der Waals surface area contributed by atoms with Gasteiger partial charge in [0.2, 0.25) is 0 Å². The van der Waals surface area contributed by atoms with Gasteiger partial charge in [-0.2, -0.15) is 5.26 Å². The average Bonchev–Trinajstić information content (AvgIpc) is 3.52. The number of hydrogen-bond donors (Lipinski definition) is 2. The first kappa shape index (κ1) is 29.8. The van der Waals surface area contributed by atoms with Gasteiger partial charge in [-0.3, -0.25) is 4.98 Å². The molecule has 1 aliphatic rings. The van der Waals surface area contributed by atoms with Crippen LogP contribution in [0.25, 0.3) is 10.9 Å². The minimum atomic E-state index is -0.554. The van der Waals surface area contributed by atoms with Crippen molar-refractivity contribution in [3.63, 3.8) is 0 Å². The van der Waals surface area contributed by atoms with Crippen LogP contribution in [0.1, 0.15) is 48.7 Å². The first-order chi connectivity index (χ1) is 21.3. The number of piperidine rings is 1. The van der Waals surface area contributed by atoms with E-state index in [2.05, 4.69) is 43.8 Å². The minimum absolute atomic E-state index is 0.0571. The van der Waals surface area contributed by atoms with E-state index in [1.165, 1.54) is 36.5 Å². The number of nitrogens with one attached hydrogen (secondary N) is 2. The van der Waals surface area contributed by atoms with Crippen LogP contribution in [0.4, 0.5) is 25.8 Å². The maximum Gasteiger partial charge on any atom is 0.141 e. The van der Waals surface area contributed by atoms with Crippen molar-refractivity contribution < 1.29 is 8.78 Å². The SMILES string of the molecule is CCN1CCC(n2cc([C@@H](Nc3cc(Cl)cc4c(Nc5ccc(F)c(Cl)c5)c(C#N)cnc34)c3ccc(F)cc3)nn2)CC1. The van der Waals surface area contributed by atoms with E-state index in [4.69, 9.17) is 23.2 Å². The Bertz CT molecular complexity index is 1850. The normalized spacial score (nSPS) is 14.8. The van der Waals surface area contributed by atoms with E-state index in [9.17, 15) is 14.0 Å². The third-order valence-electron chi connectivity index (χ3n) is 7.95. The number of nitrogens with zero attached hydrogens (tertiary/aromatic N) is 6. The highest BCUT2D eigenvalue weighted by atomic mass is 35.5. The monoisotopic (exact) mass is 632 g/mol. The van der Waals surface area contributed by atoms with Crippen molar-refractivity contribution in [2.24, 2.45) is 0 Å². The van der Waals surface area contributed by atoms with E-state index in [-0.39, 0.29) is 22.4 Å². The Balaban J connectivity index is 1.40. The molecule has 0 amide bonds. The largest absolute Gasteiger partial charge is 0.371 e. The molecule has 0 unspecified atom stereocenters. The van der Waals surface area contributed by atoms with Crippen molar-refractivity contribution >= 4 is 51.2 Å². The molecule has 1 saturated heterocycles. The number of fused-ring (bicyclic) bond motifs is 1. The van der Waals surface area contributed by atoms with E-state index in [1.54, 1.807) is 24.3 Å². The number of halogens is 4. The maximum absolute atomic E-state index is 13.9. The van der Waals surface area contributed by atoms with Crippen LogP contribution in [0.15, 0.2) is 67.0 Å². The summed E-state index contributed by atoms with van der Waals surface area (Å²) in [5.74, 6) is -0.906. The lowest BCUT2D eigenvalue weighted by Crippen LogP contribution is -2.34. The lowest BCUT2D eigenvalue weighted by Gasteiger charge is -2.30. The minimum Gasteiger partial charge on any atom is -0.371 e. The van der Waals surface area contributed by atoms with Crippen molar-refractivity contribution in [3.8, 4) is 6.07 Å². The van der Waals surface area contributed by atoms with Gasteiger partial charge in [-0.25, -0.2) is 13.5 Å². The van der Waals surface area contributed by atoms with Crippen LogP contribution in [0.3, 0.4) is 0 Å². The summed E-state index contributed by atoms with van der Waals surface area (Å²) in [6, 6.07) is 15.7. The van der Waals surface area contributed by atoms with E-state index in [0.717, 1.165) is 38.0 Å². The topological polar surface area (TPSA) is 94.7 Å². The Kier molecular flexibility index (Phi) is 8.62. The van der Waals surface area contributed by atoms with E-state index < -0.39 is 11.9 Å². The molecule has 0 spiro atoms. The molecule has 224 valence electrons. The third kappa shape index (κ3) is 6.17. The van der Waals surface area contributed by atoms with Gasteiger partial charge >= 0.3 is 0 Å². The van der Waals surface area contributed by atoms with Crippen molar-refractivity contribution in [3.05, 3.63) is 105 Å². The van der Waals surface area contributed by atoms with Crippen molar-refractivity contribution in [2.45, 2.75) is 31.8 Å². The Morgan fingerprint density at radius 1 is 1.07 bits per heavy atom. The highest BCUT2D eigenvalue weighted by Crippen LogP contribution is 2.38. The van der Waals surface area contributed by atoms with Crippen LogP contribution in [-0.2, 0) is 0 Å². The Morgan fingerprint density at radius 2 is 1.84 bits per heavy atom. The van der Waals surface area contributed by atoms with Crippen LogP contribution >= 0.6 is 23.2 Å². The number of hydrogen-bond acceptors (Lipinski definition) is 7. The molecule has 6 rings (SSSR count). The number of rotatable bonds is 8. The molecule has 0 bridgehead atoms. The van der Waals surface area contributed by atoms with Gasteiger partial charge in [-0.05, 0) is 67.4 Å². The van der Waals surface area contributed by atoms with Crippen molar-refractivity contribution in [1.29, 1.82) is 5.26 Å². The van der Waals surface area contributed by atoms with Crippen LogP contribution in [0, 0.1) is 23.0 Å². The van der Waals surface area contributed by atoms with Crippen molar-refractivity contribution in [2.75, 3.05) is 30.3 Å². The zero-order valence-electron chi connectivity index (χ0n) is 23.7. The Morgan fingerprint density at radius 3 is 2.55 bits per heavy atom. The van der Waals surface area contributed by atoms with Gasteiger partial charge in [-0.1, -0.05) is 47.5 Å². The molecule has 2 N–H and O–H groups in total. The summed E-state index contributed by atoms with van der Waals surface area (Å²) in [6.45, 7) is 5.20. The quantitative estimate of drug-likeness (QED) is 0.180. The molecule has 3 aromatic carbocycles. The number of anilines is 3. The zero-order chi connectivity index (χ0) is 30.8. The Labute approximate surface area is 263 Å². The van der Waals surface area contributed by atoms with Gasteiger partial charge in [0.1, 0.15) is 23.4 Å². The summed E-state index contributed by atoms with van der Waals surface area (Å²) in [6.07, 6.45) is 5.35. The fourth-order valence-electron chi connectivity index (χ4n) is 5.56. The average molecular weight is 634 g/mol. The second-order valence-electron chi connectivity index (χ2n) is 10.7. The first-order valence-corrected chi connectivity index (χ1v) is 15.0. The highest BCUT2D eigenvalue weighted by Gasteiger charge is 2.25. The van der Waals surface area contributed by atoms with E-state index >= 15 is 0 Å². The number of nitriles is 1. The maximum atomic E-state index is 13.9. The van der Waals surface area contributed by atoms with Gasteiger partial charge in [0.15, 0.2) is 0 Å². The second kappa shape index (κ2) is 12.7. The predicted octanol–water partition coefficient (Wildman–Crippen LogP) is 7.88. The molecule has 0 radical (unpaired) electrons. The van der Waals surface area contributed by atoms with Crippen LogP contribution in [-0.4, -0.2) is 44.5 Å². The summed E-state index contributed by atoms with van der Waals surface area (Å²) in [7, 11) is 0. The Hall–Kier alpha value is -4.30. The predicted molar refractivity (Wildman–Crippen MR) is 168 cm³/mol.